The number of benzene rings is 1. The molecule has 18 heavy (non-hydrogen) atoms. The highest BCUT2D eigenvalue weighted by Crippen LogP contribution is 2.29. The van der Waals surface area contributed by atoms with Gasteiger partial charge in [0.2, 0.25) is 0 Å². The van der Waals surface area contributed by atoms with Crippen molar-refractivity contribution in [3.8, 4) is 0 Å². The van der Waals surface area contributed by atoms with E-state index in [9.17, 15) is 13.2 Å². The second kappa shape index (κ2) is 6.20. The third-order valence-corrected chi connectivity index (χ3v) is 2.85. The third kappa shape index (κ3) is 4.31. The van der Waals surface area contributed by atoms with E-state index in [4.69, 9.17) is 5.11 Å². The molecule has 0 saturated carbocycles. The summed E-state index contributed by atoms with van der Waals surface area (Å²) in [5.41, 5.74) is 0.121. The minimum atomic E-state index is -4.29. The van der Waals surface area contributed by atoms with Crippen molar-refractivity contribution in [1.82, 2.24) is 5.32 Å². The van der Waals surface area contributed by atoms with Crippen LogP contribution in [0.2, 0.25) is 0 Å². The lowest BCUT2D eigenvalue weighted by Crippen LogP contribution is -2.36. The quantitative estimate of drug-likeness (QED) is 0.854. The normalized spacial score (nSPS) is 13.9. The Bertz CT molecular complexity index is 359. The largest absolute Gasteiger partial charge is 0.416 e. The monoisotopic (exact) mass is 261 g/mol. The van der Waals surface area contributed by atoms with Crippen LogP contribution in [0.1, 0.15) is 25.0 Å². The van der Waals surface area contributed by atoms with Crippen LogP contribution in [0.5, 0.6) is 0 Å². The molecule has 2 nitrogen and oxygen atoms in total. The van der Waals surface area contributed by atoms with Gasteiger partial charge in [-0.3, -0.25) is 0 Å². The zero-order chi connectivity index (χ0) is 13.8. The van der Waals surface area contributed by atoms with Crippen molar-refractivity contribution in [1.29, 1.82) is 0 Å². The maximum Gasteiger partial charge on any atom is 0.416 e. The van der Waals surface area contributed by atoms with Crippen LogP contribution in [0.15, 0.2) is 24.3 Å². The number of rotatable bonds is 5. The molecule has 0 saturated heterocycles. The molecule has 1 aromatic carbocycles. The van der Waals surface area contributed by atoms with Crippen LogP contribution in [0, 0.1) is 5.92 Å². The molecule has 5 heteroatoms. The second-order valence-electron chi connectivity index (χ2n) is 4.61. The maximum absolute atomic E-state index is 12.3. The fraction of sp³-hybridized carbons (Fsp3) is 0.538. The molecule has 0 aliphatic carbocycles. The Balaban J connectivity index is 2.59. The fourth-order valence-corrected chi connectivity index (χ4v) is 1.57. The average molecular weight is 261 g/mol. The molecule has 1 aromatic rings. The first-order valence-corrected chi connectivity index (χ1v) is 5.85. The number of alkyl halides is 3. The molecule has 1 rings (SSSR count). The molecule has 0 fully saturated rings. The smallest absolute Gasteiger partial charge is 0.395 e. The molecule has 0 unspecified atom stereocenters. The molecule has 0 aromatic heterocycles. The third-order valence-electron chi connectivity index (χ3n) is 2.85. The summed E-state index contributed by atoms with van der Waals surface area (Å²) >= 11 is 0. The fourth-order valence-electron chi connectivity index (χ4n) is 1.57. The minimum Gasteiger partial charge on any atom is -0.395 e. The van der Waals surface area contributed by atoms with E-state index in [0.29, 0.717) is 6.54 Å². The summed E-state index contributed by atoms with van der Waals surface area (Å²) in [6.07, 6.45) is -4.29. The molecule has 0 bridgehead atoms. The number of halogens is 3. The molecule has 0 aliphatic rings. The first-order chi connectivity index (χ1) is 8.34. The van der Waals surface area contributed by atoms with Crippen LogP contribution < -0.4 is 5.32 Å². The van der Waals surface area contributed by atoms with Gasteiger partial charge in [-0.2, -0.15) is 13.2 Å². The molecule has 0 amide bonds. The average Bonchev–Trinajstić information content (AvgIpc) is 2.29. The van der Waals surface area contributed by atoms with Crippen molar-refractivity contribution in [2.75, 3.05) is 6.61 Å². The highest BCUT2D eigenvalue weighted by molar-refractivity contribution is 5.24. The molecule has 0 spiro atoms. The number of aliphatic hydroxyl groups is 1. The number of aliphatic hydroxyl groups excluding tert-OH is 1. The van der Waals surface area contributed by atoms with Gasteiger partial charge >= 0.3 is 6.18 Å². The first-order valence-electron chi connectivity index (χ1n) is 5.85. The van der Waals surface area contributed by atoms with Gasteiger partial charge in [-0.25, -0.2) is 0 Å². The lowest BCUT2D eigenvalue weighted by molar-refractivity contribution is -0.137. The van der Waals surface area contributed by atoms with Gasteiger partial charge in [0.1, 0.15) is 0 Å². The van der Waals surface area contributed by atoms with Gasteiger partial charge in [0.05, 0.1) is 12.2 Å². The van der Waals surface area contributed by atoms with Crippen LogP contribution in [0.3, 0.4) is 0 Å². The van der Waals surface area contributed by atoms with Gasteiger partial charge in [0.25, 0.3) is 0 Å². The predicted molar refractivity (Wildman–Crippen MR) is 64.0 cm³/mol. The van der Waals surface area contributed by atoms with E-state index in [-0.39, 0.29) is 18.6 Å². The zero-order valence-electron chi connectivity index (χ0n) is 10.5. The SMILES string of the molecule is CC(C)[C@@H](CO)NCc1ccc(C(F)(F)F)cc1. The van der Waals surface area contributed by atoms with Gasteiger partial charge in [0, 0.05) is 12.6 Å². The maximum atomic E-state index is 12.3. The van der Waals surface area contributed by atoms with Crippen molar-refractivity contribution >= 4 is 0 Å². The molecule has 1 atom stereocenters. The summed E-state index contributed by atoms with van der Waals surface area (Å²) in [5.74, 6) is 0.268. The Kier molecular flexibility index (Phi) is 5.16. The molecule has 0 heterocycles. The van der Waals surface area contributed by atoms with Crippen molar-refractivity contribution < 1.29 is 18.3 Å². The Labute approximate surface area is 105 Å². The van der Waals surface area contributed by atoms with E-state index in [1.807, 2.05) is 13.8 Å². The van der Waals surface area contributed by atoms with Crippen LogP contribution in [-0.4, -0.2) is 17.8 Å². The Morgan fingerprint density at radius 2 is 1.72 bits per heavy atom. The van der Waals surface area contributed by atoms with Crippen molar-refractivity contribution in [3.63, 3.8) is 0 Å². The van der Waals surface area contributed by atoms with E-state index < -0.39 is 11.7 Å². The summed E-state index contributed by atoms with van der Waals surface area (Å²) in [6, 6.07) is 4.99. The van der Waals surface area contributed by atoms with Crippen molar-refractivity contribution in [3.05, 3.63) is 35.4 Å². The molecule has 2 N–H and O–H groups in total. The van der Waals surface area contributed by atoms with Gasteiger partial charge in [-0.15, -0.1) is 0 Å². The van der Waals surface area contributed by atoms with Crippen LogP contribution >= 0.6 is 0 Å². The Hall–Kier alpha value is -1.07. The van der Waals surface area contributed by atoms with Gasteiger partial charge < -0.3 is 10.4 Å². The van der Waals surface area contributed by atoms with E-state index in [2.05, 4.69) is 5.32 Å². The predicted octanol–water partition coefficient (Wildman–Crippen LogP) is 2.81. The van der Waals surface area contributed by atoms with Crippen molar-refractivity contribution in [2.45, 2.75) is 32.6 Å². The summed E-state index contributed by atoms with van der Waals surface area (Å²) in [6.45, 7) is 4.40. The standard InChI is InChI=1S/C13H18F3NO/c1-9(2)12(8-18)17-7-10-3-5-11(6-4-10)13(14,15)16/h3-6,9,12,17-18H,7-8H2,1-2H3/t12-/m1/s1. The highest BCUT2D eigenvalue weighted by atomic mass is 19.4. The van der Waals surface area contributed by atoms with E-state index in [0.717, 1.165) is 17.7 Å². The van der Waals surface area contributed by atoms with E-state index in [1.54, 1.807) is 0 Å². The first kappa shape index (κ1) is 15.0. The highest BCUT2D eigenvalue weighted by Gasteiger charge is 2.29. The lowest BCUT2D eigenvalue weighted by Gasteiger charge is -2.20. The summed E-state index contributed by atoms with van der Waals surface area (Å²) in [7, 11) is 0. The van der Waals surface area contributed by atoms with Gasteiger partial charge in [-0.1, -0.05) is 26.0 Å². The zero-order valence-corrected chi connectivity index (χ0v) is 10.5. The van der Waals surface area contributed by atoms with Crippen LogP contribution in [0.25, 0.3) is 0 Å². The lowest BCUT2D eigenvalue weighted by atomic mass is 10.0. The molecular formula is C13H18F3NO. The topological polar surface area (TPSA) is 32.3 Å². The number of hydrogen-bond acceptors (Lipinski definition) is 2. The van der Waals surface area contributed by atoms with E-state index >= 15 is 0 Å². The molecule has 0 radical (unpaired) electrons. The summed E-state index contributed by atoms with van der Waals surface area (Å²) < 4.78 is 37.0. The summed E-state index contributed by atoms with van der Waals surface area (Å²) in [5, 5.41) is 12.2. The minimum absolute atomic E-state index is 0.0122. The summed E-state index contributed by atoms with van der Waals surface area (Å²) in [4.78, 5) is 0. The van der Waals surface area contributed by atoms with Gasteiger partial charge in [0.15, 0.2) is 0 Å². The van der Waals surface area contributed by atoms with E-state index in [1.165, 1.54) is 12.1 Å². The molecule has 0 aliphatic heterocycles. The Morgan fingerprint density at radius 1 is 1.17 bits per heavy atom. The van der Waals surface area contributed by atoms with Crippen LogP contribution in [-0.2, 0) is 12.7 Å². The van der Waals surface area contributed by atoms with Crippen molar-refractivity contribution in [2.24, 2.45) is 5.92 Å². The van der Waals surface area contributed by atoms with Gasteiger partial charge in [-0.05, 0) is 23.6 Å². The number of nitrogens with one attached hydrogen (secondary N) is 1. The molecular weight excluding hydrogens is 243 g/mol. The molecule has 102 valence electrons. The second-order valence-corrected chi connectivity index (χ2v) is 4.61. The number of hydrogen-bond donors (Lipinski definition) is 2. The van der Waals surface area contributed by atoms with Crippen LogP contribution in [0.4, 0.5) is 13.2 Å². The Morgan fingerprint density at radius 3 is 2.11 bits per heavy atom.